The molecule has 0 fully saturated rings. The van der Waals surface area contributed by atoms with Crippen molar-refractivity contribution in [2.45, 2.75) is 31.3 Å². The third kappa shape index (κ3) is 3.47. The Kier molecular flexibility index (Phi) is 4.89. The van der Waals surface area contributed by atoms with E-state index in [1.165, 1.54) is 16.3 Å². The zero-order valence-corrected chi connectivity index (χ0v) is 18.3. The van der Waals surface area contributed by atoms with E-state index in [9.17, 15) is 9.59 Å². The van der Waals surface area contributed by atoms with Crippen LogP contribution in [0.2, 0.25) is 0 Å². The van der Waals surface area contributed by atoms with Crippen LogP contribution in [-0.2, 0) is 24.3 Å². The molecule has 1 N–H and O–H groups in total. The molecule has 9 nitrogen and oxygen atoms in total. The summed E-state index contributed by atoms with van der Waals surface area (Å²) in [4.78, 5) is 25.1. The van der Waals surface area contributed by atoms with Crippen molar-refractivity contribution in [3.63, 3.8) is 0 Å². The number of aryl methyl sites for hydroxylation is 2. The predicted octanol–water partition coefficient (Wildman–Crippen LogP) is 2.34. The number of aromatic nitrogens is 6. The molecule has 0 unspecified atom stereocenters. The number of nitrogens with zero attached hydrogens (tertiary/aromatic N) is 6. The minimum absolute atomic E-state index is 0.104. The van der Waals surface area contributed by atoms with Gasteiger partial charge in [-0.25, -0.2) is 0 Å². The molecule has 10 heteroatoms. The first-order valence-corrected chi connectivity index (χ1v) is 10.5. The number of amides is 1. The molecule has 4 rings (SSSR count). The lowest BCUT2D eigenvalue weighted by molar-refractivity contribution is -0.113. The number of hydrogen-bond acceptors (Lipinski definition) is 6. The standard InChI is InChI=1S/C20H23N7O2S/c1-20(2,3)14-10-15(26(5)24-14)21-16(28)11-30-19-23-22-18-25(4)17(29)12-8-6-7-9-13(12)27(18)19/h6-10H,11H2,1-5H3,(H,21,28). The molecule has 0 saturated carbocycles. The summed E-state index contributed by atoms with van der Waals surface area (Å²) < 4.78 is 4.93. The number of fused-ring (bicyclic) bond motifs is 3. The van der Waals surface area contributed by atoms with Crippen molar-refractivity contribution >= 4 is 40.2 Å². The summed E-state index contributed by atoms with van der Waals surface area (Å²) >= 11 is 1.26. The first-order valence-electron chi connectivity index (χ1n) is 9.47. The van der Waals surface area contributed by atoms with Gasteiger partial charge in [-0.3, -0.25) is 23.2 Å². The Bertz CT molecular complexity index is 1330. The maximum Gasteiger partial charge on any atom is 0.262 e. The zero-order chi connectivity index (χ0) is 21.6. The number of rotatable bonds is 4. The highest BCUT2D eigenvalue weighted by molar-refractivity contribution is 7.99. The fourth-order valence-electron chi connectivity index (χ4n) is 3.16. The fourth-order valence-corrected chi connectivity index (χ4v) is 3.90. The Labute approximate surface area is 177 Å². The van der Waals surface area contributed by atoms with Crippen LogP contribution in [0.25, 0.3) is 16.7 Å². The van der Waals surface area contributed by atoms with Crippen LogP contribution in [0.15, 0.2) is 40.3 Å². The number of carbonyl (C=O) groups excluding carboxylic acids is 1. The lowest BCUT2D eigenvalue weighted by Gasteiger charge is -2.13. The number of nitrogens with one attached hydrogen (secondary N) is 1. The Balaban J connectivity index is 1.58. The summed E-state index contributed by atoms with van der Waals surface area (Å²) in [6, 6.07) is 9.18. The van der Waals surface area contributed by atoms with E-state index in [2.05, 4.69) is 41.4 Å². The van der Waals surface area contributed by atoms with Gasteiger partial charge in [0.25, 0.3) is 5.56 Å². The molecule has 3 heterocycles. The van der Waals surface area contributed by atoms with Crippen molar-refractivity contribution < 1.29 is 4.79 Å². The number of carbonyl (C=O) groups is 1. The Morgan fingerprint density at radius 1 is 1.17 bits per heavy atom. The number of anilines is 1. The van der Waals surface area contributed by atoms with Gasteiger partial charge in [0.15, 0.2) is 5.16 Å². The van der Waals surface area contributed by atoms with Crippen molar-refractivity contribution in [1.29, 1.82) is 0 Å². The molecule has 0 saturated heterocycles. The molecule has 0 bridgehead atoms. The van der Waals surface area contributed by atoms with Crippen LogP contribution >= 0.6 is 11.8 Å². The Morgan fingerprint density at radius 2 is 1.90 bits per heavy atom. The summed E-state index contributed by atoms with van der Waals surface area (Å²) in [7, 11) is 3.46. The maximum absolute atomic E-state index is 12.6. The van der Waals surface area contributed by atoms with Crippen molar-refractivity contribution in [2.24, 2.45) is 14.1 Å². The third-order valence-corrected chi connectivity index (χ3v) is 5.77. The average molecular weight is 426 g/mol. The Hall–Kier alpha value is -3.14. The van der Waals surface area contributed by atoms with Crippen LogP contribution in [0.3, 0.4) is 0 Å². The average Bonchev–Trinajstić information content (AvgIpc) is 3.28. The van der Waals surface area contributed by atoms with Crippen molar-refractivity contribution in [2.75, 3.05) is 11.1 Å². The molecular formula is C20H23N7O2S. The van der Waals surface area contributed by atoms with Crippen LogP contribution in [-0.4, -0.2) is 40.6 Å². The maximum atomic E-state index is 12.6. The lowest BCUT2D eigenvalue weighted by atomic mass is 9.92. The second kappa shape index (κ2) is 7.28. The first kappa shape index (κ1) is 20.1. The van der Waals surface area contributed by atoms with E-state index in [-0.39, 0.29) is 22.6 Å². The van der Waals surface area contributed by atoms with Crippen LogP contribution < -0.4 is 10.9 Å². The molecule has 0 radical (unpaired) electrons. The Morgan fingerprint density at radius 3 is 2.60 bits per heavy atom. The van der Waals surface area contributed by atoms with Gasteiger partial charge in [-0.15, -0.1) is 10.2 Å². The number of hydrogen-bond donors (Lipinski definition) is 1. The topological polar surface area (TPSA) is 99.1 Å². The summed E-state index contributed by atoms with van der Waals surface area (Å²) in [5, 5.41) is 16.8. The van der Waals surface area contributed by atoms with Crippen LogP contribution in [0.4, 0.5) is 5.82 Å². The molecule has 1 aromatic carbocycles. The molecular weight excluding hydrogens is 402 g/mol. The highest BCUT2D eigenvalue weighted by atomic mass is 32.2. The van der Waals surface area contributed by atoms with Gasteiger partial charge < -0.3 is 5.32 Å². The van der Waals surface area contributed by atoms with Crippen molar-refractivity contribution in [3.8, 4) is 0 Å². The van der Waals surface area contributed by atoms with Gasteiger partial charge >= 0.3 is 0 Å². The molecule has 0 atom stereocenters. The van der Waals surface area contributed by atoms with Crippen LogP contribution in [0.1, 0.15) is 26.5 Å². The smallest absolute Gasteiger partial charge is 0.262 e. The molecule has 156 valence electrons. The third-order valence-electron chi connectivity index (χ3n) is 4.84. The van der Waals surface area contributed by atoms with Gasteiger partial charge in [-0.05, 0) is 12.1 Å². The number of thioether (sulfide) groups is 1. The first-order chi connectivity index (χ1) is 14.2. The summed E-state index contributed by atoms with van der Waals surface area (Å²) in [5.74, 6) is 1.05. The van der Waals surface area contributed by atoms with E-state index < -0.39 is 0 Å². The normalized spacial score (nSPS) is 12.0. The quantitative estimate of drug-likeness (QED) is 0.504. The minimum atomic E-state index is -0.172. The number of benzene rings is 1. The molecule has 1 amide bonds. The van der Waals surface area contributed by atoms with Gasteiger partial charge in [0.05, 0.1) is 22.3 Å². The monoisotopic (exact) mass is 425 g/mol. The summed E-state index contributed by atoms with van der Waals surface area (Å²) in [6.07, 6.45) is 0. The van der Waals surface area contributed by atoms with E-state index in [4.69, 9.17) is 0 Å². The molecule has 30 heavy (non-hydrogen) atoms. The van der Waals surface area contributed by atoms with Gasteiger partial charge in [-0.1, -0.05) is 44.7 Å². The van der Waals surface area contributed by atoms with Crippen LogP contribution in [0, 0.1) is 0 Å². The largest absolute Gasteiger partial charge is 0.310 e. The molecule has 3 aromatic heterocycles. The van der Waals surface area contributed by atoms with E-state index in [1.807, 2.05) is 24.3 Å². The van der Waals surface area contributed by atoms with E-state index >= 15 is 0 Å². The highest BCUT2D eigenvalue weighted by Gasteiger charge is 2.20. The minimum Gasteiger partial charge on any atom is -0.310 e. The summed E-state index contributed by atoms with van der Waals surface area (Å²) in [6.45, 7) is 6.22. The lowest BCUT2D eigenvalue weighted by Crippen LogP contribution is -2.20. The van der Waals surface area contributed by atoms with Crippen molar-refractivity contribution in [3.05, 3.63) is 46.4 Å². The molecule has 0 aliphatic heterocycles. The second-order valence-corrected chi connectivity index (χ2v) is 9.07. The van der Waals surface area contributed by atoms with Gasteiger partial charge in [0, 0.05) is 25.6 Å². The molecule has 0 spiro atoms. The second-order valence-electron chi connectivity index (χ2n) is 8.12. The van der Waals surface area contributed by atoms with Crippen LogP contribution in [0.5, 0.6) is 0 Å². The number of para-hydroxylation sites is 1. The molecule has 4 aromatic rings. The van der Waals surface area contributed by atoms with Crippen molar-refractivity contribution in [1.82, 2.24) is 28.9 Å². The highest BCUT2D eigenvalue weighted by Crippen LogP contribution is 2.24. The van der Waals surface area contributed by atoms with Gasteiger partial charge in [-0.2, -0.15) is 5.10 Å². The predicted molar refractivity (Wildman–Crippen MR) is 117 cm³/mol. The van der Waals surface area contributed by atoms with Gasteiger partial charge in [0.1, 0.15) is 5.82 Å². The SMILES string of the molecule is Cn1nc(C(C)(C)C)cc1NC(=O)CSc1nnc2n(C)c(=O)c3ccccc3n12. The van der Waals surface area contributed by atoms with E-state index in [1.54, 1.807) is 29.2 Å². The molecule has 0 aliphatic rings. The zero-order valence-electron chi connectivity index (χ0n) is 17.5. The molecule has 0 aliphatic carbocycles. The van der Waals surface area contributed by atoms with E-state index in [0.29, 0.717) is 27.7 Å². The van der Waals surface area contributed by atoms with Gasteiger partial charge in [0.2, 0.25) is 11.7 Å². The summed E-state index contributed by atoms with van der Waals surface area (Å²) in [5.41, 5.74) is 1.38. The fraction of sp³-hybridized carbons (Fsp3) is 0.350. The van der Waals surface area contributed by atoms with E-state index in [0.717, 1.165) is 5.69 Å².